The fraction of sp³-hybridized carbons (Fsp3) is 0.417. The van der Waals surface area contributed by atoms with Crippen molar-refractivity contribution in [1.29, 1.82) is 0 Å². The zero-order valence-corrected chi connectivity index (χ0v) is 20.0. The third-order valence-electron chi connectivity index (χ3n) is 5.90. The predicted octanol–water partition coefficient (Wildman–Crippen LogP) is 4.52. The number of likely N-dealkylation sites (tertiary alicyclic amines) is 1. The second-order valence-electron chi connectivity index (χ2n) is 8.15. The molecule has 1 aliphatic rings. The molecule has 2 aromatic heterocycles. The summed E-state index contributed by atoms with van der Waals surface area (Å²) in [6.45, 7) is 3.66. The Labute approximate surface area is 202 Å². The number of ether oxygens (including phenoxy) is 1. The minimum Gasteiger partial charge on any atom is -0.466 e. The average Bonchev–Trinajstić information content (AvgIpc) is 3.14. The van der Waals surface area contributed by atoms with Gasteiger partial charge in [-0.3, -0.25) is 14.6 Å². The number of esters is 1. The highest BCUT2D eigenvalue weighted by molar-refractivity contribution is 6.42. The maximum atomic E-state index is 13.0. The zero-order valence-electron chi connectivity index (χ0n) is 18.5. The maximum Gasteiger partial charge on any atom is 0.310 e. The molecule has 0 unspecified atom stereocenters. The molecule has 0 radical (unpaired) electrons. The van der Waals surface area contributed by atoms with Crippen LogP contribution in [-0.4, -0.2) is 51.0 Å². The molecule has 1 amide bonds. The number of piperidine rings is 1. The maximum absolute atomic E-state index is 13.0. The van der Waals surface area contributed by atoms with E-state index in [-0.39, 0.29) is 17.8 Å². The fourth-order valence-corrected chi connectivity index (χ4v) is 4.58. The Bertz CT molecular complexity index is 1150. The van der Waals surface area contributed by atoms with Gasteiger partial charge in [0.25, 0.3) is 0 Å². The number of pyridine rings is 1. The summed E-state index contributed by atoms with van der Waals surface area (Å²) in [6.07, 6.45) is 5.94. The van der Waals surface area contributed by atoms with Gasteiger partial charge < -0.3 is 14.2 Å². The molecule has 1 saturated heterocycles. The van der Waals surface area contributed by atoms with Gasteiger partial charge >= 0.3 is 5.97 Å². The van der Waals surface area contributed by atoms with Gasteiger partial charge in [0.15, 0.2) is 0 Å². The number of hydrogen-bond donors (Lipinski definition) is 0. The van der Waals surface area contributed by atoms with E-state index >= 15 is 0 Å². The number of hydrogen-bond acceptors (Lipinski definition) is 5. The van der Waals surface area contributed by atoms with E-state index in [2.05, 4.69) is 4.98 Å². The molecule has 1 fully saturated rings. The molecule has 0 N–H and O–H groups in total. The molecule has 33 heavy (non-hydrogen) atoms. The number of aryl methyl sites for hydroxylation is 1. The van der Waals surface area contributed by atoms with Gasteiger partial charge in [-0.2, -0.15) is 0 Å². The largest absolute Gasteiger partial charge is 0.466 e. The zero-order chi connectivity index (χ0) is 23.4. The van der Waals surface area contributed by atoms with Crippen molar-refractivity contribution < 1.29 is 14.3 Å². The lowest BCUT2D eigenvalue weighted by Gasteiger charge is -2.31. The molecule has 1 aliphatic heterocycles. The SMILES string of the molecule is CCOC(=O)[C@@H]1CCCN(C(=O)CCn2c(Cc3cccnc3)nc3cc(Cl)c(Cl)cc32)C1. The summed E-state index contributed by atoms with van der Waals surface area (Å²) in [6, 6.07) is 7.42. The van der Waals surface area contributed by atoms with Gasteiger partial charge in [-0.25, -0.2) is 4.98 Å². The second kappa shape index (κ2) is 10.5. The number of halogens is 2. The number of benzene rings is 1. The third-order valence-corrected chi connectivity index (χ3v) is 6.62. The van der Waals surface area contributed by atoms with E-state index in [1.54, 1.807) is 36.4 Å². The molecule has 3 aromatic rings. The van der Waals surface area contributed by atoms with E-state index in [0.717, 1.165) is 35.3 Å². The minimum atomic E-state index is -0.251. The molecular formula is C24H26Cl2N4O3. The fourth-order valence-electron chi connectivity index (χ4n) is 4.26. The molecule has 9 heteroatoms. The number of carbonyl (C=O) groups is 2. The van der Waals surface area contributed by atoms with Gasteiger partial charge in [0.05, 0.1) is 33.6 Å². The monoisotopic (exact) mass is 488 g/mol. The highest BCUT2D eigenvalue weighted by Gasteiger charge is 2.29. The summed E-state index contributed by atoms with van der Waals surface area (Å²) >= 11 is 12.5. The van der Waals surface area contributed by atoms with Crippen molar-refractivity contribution in [3.05, 3.63) is 58.1 Å². The number of amides is 1. The van der Waals surface area contributed by atoms with E-state index in [1.165, 1.54) is 0 Å². The number of imidazole rings is 1. The van der Waals surface area contributed by atoms with Crippen molar-refractivity contribution in [3.8, 4) is 0 Å². The van der Waals surface area contributed by atoms with Crippen molar-refractivity contribution in [3.63, 3.8) is 0 Å². The van der Waals surface area contributed by atoms with Crippen LogP contribution in [0.2, 0.25) is 10.0 Å². The Morgan fingerprint density at radius 3 is 2.82 bits per heavy atom. The van der Waals surface area contributed by atoms with Gasteiger partial charge in [-0.15, -0.1) is 0 Å². The van der Waals surface area contributed by atoms with Gasteiger partial charge in [0, 0.05) is 44.9 Å². The van der Waals surface area contributed by atoms with Crippen LogP contribution in [0.5, 0.6) is 0 Å². The lowest BCUT2D eigenvalue weighted by atomic mass is 9.98. The van der Waals surface area contributed by atoms with Crippen molar-refractivity contribution in [2.75, 3.05) is 19.7 Å². The highest BCUT2D eigenvalue weighted by atomic mass is 35.5. The molecule has 4 rings (SSSR count). The molecule has 0 bridgehead atoms. The Kier molecular flexibility index (Phi) is 7.50. The molecule has 3 heterocycles. The van der Waals surface area contributed by atoms with Crippen LogP contribution in [0.25, 0.3) is 11.0 Å². The summed E-state index contributed by atoms with van der Waals surface area (Å²) < 4.78 is 7.18. The van der Waals surface area contributed by atoms with E-state index in [9.17, 15) is 9.59 Å². The predicted molar refractivity (Wildman–Crippen MR) is 127 cm³/mol. The van der Waals surface area contributed by atoms with Crippen LogP contribution < -0.4 is 0 Å². The van der Waals surface area contributed by atoms with E-state index < -0.39 is 0 Å². The number of rotatable bonds is 7. The minimum absolute atomic E-state index is 0.0123. The first-order chi connectivity index (χ1) is 16.0. The average molecular weight is 489 g/mol. The number of aromatic nitrogens is 3. The van der Waals surface area contributed by atoms with Crippen LogP contribution in [0.15, 0.2) is 36.7 Å². The Morgan fingerprint density at radius 2 is 2.06 bits per heavy atom. The first kappa shape index (κ1) is 23.5. The van der Waals surface area contributed by atoms with Gasteiger partial charge in [0.2, 0.25) is 5.91 Å². The smallest absolute Gasteiger partial charge is 0.310 e. The van der Waals surface area contributed by atoms with Gasteiger partial charge in [-0.1, -0.05) is 29.3 Å². The van der Waals surface area contributed by atoms with Crippen LogP contribution in [0.1, 0.15) is 37.6 Å². The summed E-state index contributed by atoms with van der Waals surface area (Å²) in [5, 5.41) is 0.883. The Hall–Kier alpha value is -2.64. The molecule has 7 nitrogen and oxygen atoms in total. The van der Waals surface area contributed by atoms with Crippen molar-refractivity contribution in [1.82, 2.24) is 19.4 Å². The molecule has 174 valence electrons. The molecule has 1 aromatic carbocycles. The first-order valence-electron chi connectivity index (χ1n) is 11.1. The highest BCUT2D eigenvalue weighted by Crippen LogP contribution is 2.29. The standard InChI is InChI=1S/C24H26Cl2N4O3/c1-2-33-24(32)17-6-4-9-29(15-17)23(31)7-10-30-21-13-19(26)18(25)12-20(21)28-22(30)11-16-5-3-8-27-14-16/h3,5,8,12-14,17H,2,4,6-7,9-11,15H2,1H3/t17-/m1/s1. The lowest BCUT2D eigenvalue weighted by molar-refractivity contribution is -0.151. The molecular weight excluding hydrogens is 463 g/mol. The van der Waals surface area contributed by atoms with Crippen LogP contribution in [0.3, 0.4) is 0 Å². The third kappa shape index (κ3) is 5.47. The van der Waals surface area contributed by atoms with Crippen molar-refractivity contribution in [2.24, 2.45) is 5.92 Å². The summed E-state index contributed by atoms with van der Waals surface area (Å²) in [4.78, 5) is 35.9. The number of carbonyl (C=O) groups excluding carboxylic acids is 2. The second-order valence-corrected chi connectivity index (χ2v) is 8.97. The summed E-state index contributed by atoms with van der Waals surface area (Å²) in [5.74, 6) is 0.352. The van der Waals surface area contributed by atoms with E-state index in [1.807, 2.05) is 16.7 Å². The Morgan fingerprint density at radius 1 is 1.24 bits per heavy atom. The number of fused-ring (bicyclic) bond motifs is 1. The van der Waals surface area contributed by atoms with E-state index in [0.29, 0.717) is 49.1 Å². The van der Waals surface area contributed by atoms with Crippen LogP contribution in [0, 0.1) is 5.92 Å². The Balaban J connectivity index is 1.53. The number of nitrogens with zero attached hydrogens (tertiary/aromatic N) is 4. The molecule has 0 saturated carbocycles. The molecule has 1 atom stereocenters. The molecule has 0 spiro atoms. The van der Waals surface area contributed by atoms with Crippen molar-refractivity contribution >= 4 is 46.1 Å². The summed E-state index contributed by atoms with van der Waals surface area (Å²) in [7, 11) is 0. The van der Waals surface area contributed by atoms with Crippen molar-refractivity contribution in [2.45, 2.75) is 39.2 Å². The lowest BCUT2D eigenvalue weighted by Crippen LogP contribution is -2.43. The topological polar surface area (TPSA) is 77.3 Å². The normalized spacial score (nSPS) is 16.2. The van der Waals surface area contributed by atoms with Crippen LogP contribution in [0.4, 0.5) is 0 Å². The molecule has 0 aliphatic carbocycles. The quantitative estimate of drug-likeness (QED) is 0.456. The van der Waals surface area contributed by atoms with Crippen LogP contribution in [-0.2, 0) is 27.3 Å². The van der Waals surface area contributed by atoms with Gasteiger partial charge in [0.1, 0.15) is 5.82 Å². The van der Waals surface area contributed by atoms with Gasteiger partial charge in [-0.05, 0) is 43.5 Å². The van der Waals surface area contributed by atoms with E-state index in [4.69, 9.17) is 32.9 Å². The summed E-state index contributed by atoms with van der Waals surface area (Å²) in [5.41, 5.74) is 2.58. The van der Waals surface area contributed by atoms with Crippen LogP contribution >= 0.6 is 23.2 Å². The first-order valence-corrected chi connectivity index (χ1v) is 11.9.